The largest absolute Gasteiger partial charge is 0.198 e. The molecule has 0 aromatic heterocycles. The van der Waals surface area contributed by atoms with Crippen molar-refractivity contribution >= 4 is 0 Å². The number of allylic oxidation sites excluding steroid dienone is 4. The average molecular weight is 219 g/mol. The zero-order chi connectivity index (χ0) is 12.8. The predicted molar refractivity (Wildman–Crippen MR) is 71.0 cm³/mol. The number of hydrogen-bond donors (Lipinski definition) is 0. The van der Waals surface area contributed by atoms with Gasteiger partial charge in [-0.15, -0.1) is 0 Å². The molecule has 0 N–H and O–H groups in total. The molecule has 0 aliphatic carbocycles. The highest BCUT2D eigenvalue weighted by molar-refractivity contribution is 5.09. The number of rotatable bonds is 5. The Balaban J connectivity index is 4.34. The topological polar surface area (TPSA) is 23.8 Å². The summed E-state index contributed by atoms with van der Waals surface area (Å²) in [6.07, 6.45) is 6.70. The molecule has 0 radical (unpaired) electrons. The SMILES string of the molecule is CC(C)=CCC/C(C)=C/C(C)C(C)(C)C#N. The van der Waals surface area contributed by atoms with Gasteiger partial charge in [0.2, 0.25) is 0 Å². The van der Waals surface area contributed by atoms with Gasteiger partial charge in [-0.05, 0) is 53.4 Å². The van der Waals surface area contributed by atoms with Gasteiger partial charge >= 0.3 is 0 Å². The van der Waals surface area contributed by atoms with E-state index in [1.807, 2.05) is 13.8 Å². The fourth-order valence-corrected chi connectivity index (χ4v) is 1.41. The molecule has 0 spiro atoms. The summed E-state index contributed by atoms with van der Waals surface area (Å²) in [7, 11) is 0. The lowest BCUT2D eigenvalue weighted by Crippen LogP contribution is -2.17. The molecule has 0 bridgehead atoms. The molecule has 0 saturated heterocycles. The number of hydrogen-bond acceptors (Lipinski definition) is 1. The minimum Gasteiger partial charge on any atom is -0.198 e. The highest BCUT2D eigenvalue weighted by Crippen LogP contribution is 2.27. The van der Waals surface area contributed by atoms with Crippen LogP contribution in [-0.4, -0.2) is 0 Å². The molecule has 0 aromatic carbocycles. The molecule has 0 saturated carbocycles. The summed E-state index contributed by atoms with van der Waals surface area (Å²) >= 11 is 0. The van der Waals surface area contributed by atoms with Crippen molar-refractivity contribution in [3.63, 3.8) is 0 Å². The average Bonchev–Trinajstić information content (AvgIpc) is 2.16. The van der Waals surface area contributed by atoms with Crippen LogP contribution in [0.2, 0.25) is 0 Å². The Kier molecular flexibility index (Phi) is 6.11. The second-order valence-electron chi connectivity index (χ2n) is 5.46. The first-order chi connectivity index (χ1) is 7.29. The monoisotopic (exact) mass is 219 g/mol. The van der Waals surface area contributed by atoms with Gasteiger partial charge in [-0.3, -0.25) is 0 Å². The van der Waals surface area contributed by atoms with E-state index in [1.54, 1.807) is 0 Å². The van der Waals surface area contributed by atoms with E-state index in [2.05, 4.69) is 45.9 Å². The first kappa shape index (κ1) is 15.0. The van der Waals surface area contributed by atoms with Crippen LogP contribution < -0.4 is 0 Å². The predicted octanol–water partition coefficient (Wildman–Crippen LogP) is 4.86. The molecule has 0 heterocycles. The summed E-state index contributed by atoms with van der Waals surface area (Å²) in [4.78, 5) is 0. The van der Waals surface area contributed by atoms with Gasteiger partial charge in [0.05, 0.1) is 11.5 Å². The van der Waals surface area contributed by atoms with Gasteiger partial charge in [-0.1, -0.05) is 30.2 Å². The Morgan fingerprint density at radius 2 is 1.88 bits per heavy atom. The van der Waals surface area contributed by atoms with Gasteiger partial charge in [0.1, 0.15) is 0 Å². The Morgan fingerprint density at radius 3 is 2.31 bits per heavy atom. The van der Waals surface area contributed by atoms with Gasteiger partial charge in [0.25, 0.3) is 0 Å². The molecule has 1 heteroatoms. The van der Waals surface area contributed by atoms with E-state index < -0.39 is 0 Å². The first-order valence-corrected chi connectivity index (χ1v) is 6.01. The van der Waals surface area contributed by atoms with Crippen molar-refractivity contribution in [3.05, 3.63) is 23.3 Å². The van der Waals surface area contributed by atoms with Crippen LogP contribution in [0.15, 0.2) is 23.3 Å². The minimum absolute atomic E-state index is 0.266. The van der Waals surface area contributed by atoms with Crippen LogP contribution in [0.3, 0.4) is 0 Å². The number of nitrogens with zero attached hydrogens (tertiary/aromatic N) is 1. The van der Waals surface area contributed by atoms with Crippen molar-refractivity contribution in [2.75, 3.05) is 0 Å². The van der Waals surface area contributed by atoms with Crippen LogP contribution in [-0.2, 0) is 0 Å². The maximum atomic E-state index is 9.04. The highest BCUT2D eigenvalue weighted by Gasteiger charge is 2.23. The molecule has 0 aromatic rings. The maximum absolute atomic E-state index is 9.04. The molecule has 1 nitrogen and oxygen atoms in total. The molecule has 1 unspecified atom stereocenters. The van der Waals surface area contributed by atoms with Gasteiger partial charge in [0, 0.05) is 0 Å². The van der Waals surface area contributed by atoms with Crippen LogP contribution in [0.1, 0.15) is 54.4 Å². The second kappa shape index (κ2) is 6.53. The van der Waals surface area contributed by atoms with Crippen molar-refractivity contribution in [1.29, 1.82) is 5.26 Å². The lowest BCUT2D eigenvalue weighted by atomic mass is 9.80. The highest BCUT2D eigenvalue weighted by atomic mass is 14.3. The number of nitriles is 1. The summed E-state index contributed by atoms with van der Waals surface area (Å²) in [5.74, 6) is 0.309. The zero-order valence-corrected chi connectivity index (χ0v) is 11.6. The standard InChI is InChI=1S/C15H25N/c1-12(2)8-7-9-13(3)10-14(4)15(5,6)11-16/h8,10,14H,7,9H2,1-6H3/b13-10+. The van der Waals surface area contributed by atoms with Gasteiger partial charge in [0.15, 0.2) is 0 Å². The fraction of sp³-hybridized carbons (Fsp3) is 0.667. The first-order valence-electron chi connectivity index (χ1n) is 6.01. The second-order valence-corrected chi connectivity index (χ2v) is 5.46. The van der Waals surface area contributed by atoms with Crippen molar-refractivity contribution < 1.29 is 0 Å². The third kappa shape index (κ3) is 5.75. The normalized spacial score (nSPS) is 14.2. The van der Waals surface area contributed by atoms with Crippen molar-refractivity contribution in [2.24, 2.45) is 11.3 Å². The Labute approximate surface area is 101 Å². The van der Waals surface area contributed by atoms with Gasteiger partial charge in [-0.2, -0.15) is 5.26 Å². The van der Waals surface area contributed by atoms with Crippen molar-refractivity contribution in [2.45, 2.75) is 54.4 Å². The third-order valence-electron chi connectivity index (χ3n) is 3.05. The van der Waals surface area contributed by atoms with Crippen molar-refractivity contribution in [3.8, 4) is 6.07 Å². The van der Waals surface area contributed by atoms with Crippen LogP contribution in [0.5, 0.6) is 0 Å². The van der Waals surface area contributed by atoms with E-state index in [0.717, 1.165) is 12.8 Å². The molecule has 16 heavy (non-hydrogen) atoms. The van der Waals surface area contributed by atoms with Crippen LogP contribution in [0, 0.1) is 22.7 Å². The third-order valence-corrected chi connectivity index (χ3v) is 3.05. The van der Waals surface area contributed by atoms with Gasteiger partial charge in [-0.25, -0.2) is 0 Å². The van der Waals surface area contributed by atoms with E-state index in [-0.39, 0.29) is 5.41 Å². The Hall–Kier alpha value is -1.03. The molecule has 0 aliphatic rings. The molecule has 0 amide bonds. The molecular weight excluding hydrogens is 194 g/mol. The molecule has 90 valence electrons. The maximum Gasteiger partial charge on any atom is 0.0690 e. The summed E-state index contributed by atoms with van der Waals surface area (Å²) in [5, 5.41) is 9.04. The minimum atomic E-state index is -0.266. The molecule has 0 fully saturated rings. The molecule has 0 rings (SSSR count). The van der Waals surface area contributed by atoms with E-state index in [1.165, 1.54) is 11.1 Å². The Bertz CT molecular complexity index is 309. The Morgan fingerprint density at radius 1 is 1.31 bits per heavy atom. The fourth-order valence-electron chi connectivity index (χ4n) is 1.41. The summed E-state index contributed by atoms with van der Waals surface area (Å²) in [6.45, 7) is 12.5. The molecule has 1 atom stereocenters. The van der Waals surface area contributed by atoms with E-state index in [4.69, 9.17) is 5.26 Å². The van der Waals surface area contributed by atoms with Crippen molar-refractivity contribution in [1.82, 2.24) is 0 Å². The van der Waals surface area contributed by atoms with Gasteiger partial charge < -0.3 is 0 Å². The molecule has 0 aliphatic heterocycles. The lowest BCUT2D eigenvalue weighted by Gasteiger charge is -2.21. The summed E-state index contributed by atoms with van der Waals surface area (Å²) in [5.41, 5.74) is 2.49. The zero-order valence-electron chi connectivity index (χ0n) is 11.6. The summed E-state index contributed by atoms with van der Waals surface area (Å²) < 4.78 is 0. The lowest BCUT2D eigenvalue weighted by molar-refractivity contribution is 0.379. The van der Waals surface area contributed by atoms with Crippen LogP contribution >= 0.6 is 0 Å². The molecular formula is C15H25N. The van der Waals surface area contributed by atoms with Crippen LogP contribution in [0.25, 0.3) is 0 Å². The smallest absolute Gasteiger partial charge is 0.0690 e. The van der Waals surface area contributed by atoms with Crippen LogP contribution in [0.4, 0.5) is 0 Å². The van der Waals surface area contributed by atoms with E-state index in [9.17, 15) is 0 Å². The quantitative estimate of drug-likeness (QED) is 0.605. The van der Waals surface area contributed by atoms with E-state index >= 15 is 0 Å². The van der Waals surface area contributed by atoms with E-state index in [0.29, 0.717) is 5.92 Å². The summed E-state index contributed by atoms with van der Waals surface area (Å²) in [6, 6.07) is 2.36.